The largest absolute Gasteiger partial charge is 0.388 e. The van der Waals surface area contributed by atoms with E-state index in [4.69, 9.17) is 10.5 Å². The summed E-state index contributed by atoms with van der Waals surface area (Å²) in [7, 11) is 0. The van der Waals surface area contributed by atoms with Crippen molar-refractivity contribution in [2.75, 3.05) is 38.5 Å². The van der Waals surface area contributed by atoms with E-state index in [0.29, 0.717) is 32.4 Å². The van der Waals surface area contributed by atoms with E-state index in [1.165, 1.54) is 4.57 Å². The number of halogens is 1. The number of carbonyl (C=O) groups excluding carboxylic acids is 1. The van der Waals surface area contributed by atoms with Crippen LogP contribution in [0.3, 0.4) is 0 Å². The van der Waals surface area contributed by atoms with Crippen LogP contribution in [0.4, 0.5) is 5.82 Å². The lowest BCUT2D eigenvalue weighted by Crippen LogP contribution is -2.59. The van der Waals surface area contributed by atoms with Crippen LogP contribution in [0.5, 0.6) is 0 Å². The number of aliphatic hydroxyl groups is 1. The van der Waals surface area contributed by atoms with Crippen LogP contribution >= 0.6 is 12.4 Å². The normalized spacial score (nSPS) is 31.2. The molecule has 4 rings (SSSR count). The fourth-order valence-corrected chi connectivity index (χ4v) is 5.08. The average molecular weight is 442 g/mol. The van der Waals surface area contributed by atoms with Gasteiger partial charge in [0.25, 0.3) is 0 Å². The van der Waals surface area contributed by atoms with E-state index >= 15 is 0 Å². The van der Waals surface area contributed by atoms with Crippen molar-refractivity contribution in [1.29, 1.82) is 0 Å². The first kappa shape index (κ1) is 23.0. The first-order valence-electron chi connectivity index (χ1n) is 10.5. The number of nitrogens with two attached hydrogens (primary N) is 1. The standard InChI is InChI=1S/C20H31N5O4.ClH/c1-19(28)13-20(29-12-15(19)25-8-4-16(21)23-18(25)27)5-9-24(10-6-20)17(26)14-3-2-7-22-11-14;/h4,8,14-15,22,28H,2-3,5-7,9-13H2,1H3,(H2,21,23,27);1H/t14-,15-,19-;/m1./s1. The molecule has 3 aliphatic heterocycles. The quantitative estimate of drug-likeness (QED) is 0.604. The number of carbonyl (C=O) groups is 1. The zero-order valence-corrected chi connectivity index (χ0v) is 18.2. The molecule has 1 spiro atoms. The summed E-state index contributed by atoms with van der Waals surface area (Å²) in [6, 6.07) is 1.02. The Morgan fingerprint density at radius 2 is 2.13 bits per heavy atom. The Labute approximate surface area is 182 Å². The van der Waals surface area contributed by atoms with Crippen molar-refractivity contribution in [3.8, 4) is 0 Å². The lowest BCUT2D eigenvalue weighted by molar-refractivity contribution is -0.198. The number of likely N-dealkylation sites (tertiary alicyclic amines) is 1. The number of piperidine rings is 2. The number of ether oxygens (including phenoxy) is 1. The predicted molar refractivity (Wildman–Crippen MR) is 115 cm³/mol. The second kappa shape index (κ2) is 8.82. The number of nitrogen functional groups attached to an aromatic ring is 1. The molecule has 1 aromatic heterocycles. The minimum absolute atomic E-state index is 0. The Kier molecular flexibility index (Phi) is 6.76. The van der Waals surface area contributed by atoms with E-state index in [0.717, 1.165) is 25.9 Å². The maximum Gasteiger partial charge on any atom is 0.349 e. The maximum atomic E-state index is 12.8. The second-order valence-electron chi connectivity index (χ2n) is 8.95. The molecular formula is C20H32ClN5O4. The van der Waals surface area contributed by atoms with E-state index in [1.54, 1.807) is 19.2 Å². The molecule has 0 bridgehead atoms. The fourth-order valence-electron chi connectivity index (χ4n) is 5.08. The molecule has 3 saturated heterocycles. The van der Waals surface area contributed by atoms with E-state index in [9.17, 15) is 14.7 Å². The predicted octanol–water partition coefficient (Wildman–Crippen LogP) is 0.321. The molecule has 0 aliphatic carbocycles. The van der Waals surface area contributed by atoms with Gasteiger partial charge in [-0.15, -0.1) is 12.4 Å². The molecule has 3 fully saturated rings. The molecule has 9 nitrogen and oxygen atoms in total. The van der Waals surface area contributed by atoms with E-state index in [-0.39, 0.29) is 36.7 Å². The van der Waals surface area contributed by atoms with Crippen LogP contribution in [0.25, 0.3) is 0 Å². The average Bonchev–Trinajstić information content (AvgIpc) is 2.69. The van der Waals surface area contributed by atoms with Crippen LogP contribution in [0.15, 0.2) is 17.1 Å². The maximum absolute atomic E-state index is 12.8. The lowest BCUT2D eigenvalue weighted by Gasteiger charge is -2.51. The highest BCUT2D eigenvalue weighted by Gasteiger charge is 2.50. The molecule has 4 heterocycles. The lowest BCUT2D eigenvalue weighted by atomic mass is 9.75. The number of amides is 1. The Morgan fingerprint density at radius 1 is 1.40 bits per heavy atom. The summed E-state index contributed by atoms with van der Waals surface area (Å²) in [6.07, 6.45) is 5.35. The first-order valence-corrected chi connectivity index (χ1v) is 10.5. The van der Waals surface area contributed by atoms with Gasteiger partial charge < -0.3 is 25.8 Å². The number of anilines is 1. The number of aromatic nitrogens is 2. The number of nitrogens with zero attached hydrogens (tertiary/aromatic N) is 3. The van der Waals surface area contributed by atoms with Crippen LogP contribution in [0.2, 0.25) is 0 Å². The van der Waals surface area contributed by atoms with Crippen molar-refractivity contribution >= 4 is 24.1 Å². The van der Waals surface area contributed by atoms with Gasteiger partial charge in [-0.1, -0.05) is 0 Å². The highest BCUT2D eigenvalue weighted by Crippen LogP contribution is 2.43. The summed E-state index contributed by atoms with van der Waals surface area (Å²) in [5, 5.41) is 14.5. The summed E-state index contributed by atoms with van der Waals surface area (Å²) in [5.41, 5.74) is 3.49. The first-order chi connectivity index (χ1) is 13.8. The van der Waals surface area contributed by atoms with Gasteiger partial charge in [-0.25, -0.2) is 4.79 Å². The molecule has 30 heavy (non-hydrogen) atoms. The van der Waals surface area contributed by atoms with Gasteiger partial charge in [-0.05, 0) is 45.2 Å². The Balaban J connectivity index is 0.00000256. The SMILES string of the molecule is C[C@@]1(O)CC2(CCN(C(=O)[C@@H]3CCCNC3)CC2)OC[C@H]1n1ccc(N)nc1=O.Cl. The Morgan fingerprint density at radius 3 is 2.73 bits per heavy atom. The summed E-state index contributed by atoms with van der Waals surface area (Å²) in [5.74, 6) is 0.457. The fraction of sp³-hybridized carbons (Fsp3) is 0.750. The smallest absolute Gasteiger partial charge is 0.349 e. The van der Waals surface area contributed by atoms with Crippen molar-refractivity contribution in [1.82, 2.24) is 19.8 Å². The highest BCUT2D eigenvalue weighted by molar-refractivity contribution is 5.85. The molecule has 10 heteroatoms. The van der Waals surface area contributed by atoms with Gasteiger partial charge in [-0.2, -0.15) is 4.98 Å². The minimum atomic E-state index is -1.13. The van der Waals surface area contributed by atoms with Crippen molar-refractivity contribution in [2.45, 2.75) is 56.3 Å². The van der Waals surface area contributed by atoms with Crippen molar-refractivity contribution in [2.24, 2.45) is 5.92 Å². The van der Waals surface area contributed by atoms with Gasteiger partial charge in [-0.3, -0.25) is 9.36 Å². The van der Waals surface area contributed by atoms with Gasteiger partial charge in [0.1, 0.15) is 5.82 Å². The third-order valence-electron chi connectivity index (χ3n) is 6.77. The molecule has 1 aromatic rings. The van der Waals surface area contributed by atoms with Crippen molar-refractivity contribution < 1.29 is 14.6 Å². The number of nitrogens with one attached hydrogen (secondary N) is 1. The van der Waals surface area contributed by atoms with Gasteiger partial charge in [0.15, 0.2) is 0 Å². The van der Waals surface area contributed by atoms with Gasteiger partial charge in [0.05, 0.1) is 29.8 Å². The number of hydrogen-bond donors (Lipinski definition) is 3. The topological polar surface area (TPSA) is 123 Å². The van der Waals surface area contributed by atoms with Gasteiger partial charge in [0, 0.05) is 32.3 Å². The summed E-state index contributed by atoms with van der Waals surface area (Å²) in [4.78, 5) is 30.7. The Bertz CT molecular complexity index is 816. The summed E-state index contributed by atoms with van der Waals surface area (Å²) in [6.45, 7) is 5.00. The van der Waals surface area contributed by atoms with Crippen LogP contribution in [0, 0.1) is 5.92 Å². The molecule has 3 atom stereocenters. The molecule has 0 radical (unpaired) electrons. The van der Waals surface area contributed by atoms with Crippen molar-refractivity contribution in [3.05, 3.63) is 22.7 Å². The molecule has 0 aromatic carbocycles. The van der Waals surface area contributed by atoms with Crippen molar-refractivity contribution in [3.63, 3.8) is 0 Å². The van der Waals surface area contributed by atoms with Crippen LogP contribution < -0.4 is 16.7 Å². The summed E-state index contributed by atoms with van der Waals surface area (Å²) < 4.78 is 7.64. The molecule has 3 aliphatic rings. The van der Waals surface area contributed by atoms with E-state index in [2.05, 4.69) is 10.3 Å². The third-order valence-corrected chi connectivity index (χ3v) is 6.77. The van der Waals surface area contributed by atoms with E-state index in [1.807, 2.05) is 4.90 Å². The molecule has 4 N–H and O–H groups in total. The van der Waals surface area contributed by atoms with Crippen LogP contribution in [-0.4, -0.2) is 69.5 Å². The second-order valence-corrected chi connectivity index (χ2v) is 8.95. The Hall–Kier alpha value is -1.68. The third kappa shape index (κ3) is 4.49. The molecule has 0 unspecified atom stereocenters. The number of rotatable bonds is 2. The monoisotopic (exact) mass is 441 g/mol. The van der Waals surface area contributed by atoms with Crippen LogP contribution in [-0.2, 0) is 9.53 Å². The molecule has 168 valence electrons. The van der Waals surface area contributed by atoms with Gasteiger partial charge >= 0.3 is 5.69 Å². The van der Waals surface area contributed by atoms with Gasteiger partial charge in [0.2, 0.25) is 5.91 Å². The van der Waals surface area contributed by atoms with E-state index < -0.39 is 22.9 Å². The zero-order valence-electron chi connectivity index (χ0n) is 17.4. The highest BCUT2D eigenvalue weighted by atomic mass is 35.5. The summed E-state index contributed by atoms with van der Waals surface area (Å²) >= 11 is 0. The number of hydrogen-bond acceptors (Lipinski definition) is 7. The molecule has 0 saturated carbocycles. The molecular weight excluding hydrogens is 410 g/mol. The molecule has 1 amide bonds. The zero-order chi connectivity index (χ0) is 20.6. The van der Waals surface area contributed by atoms with Crippen LogP contribution in [0.1, 0.15) is 45.1 Å². The minimum Gasteiger partial charge on any atom is -0.388 e.